The molecular formula is C19H28N4O3S. The van der Waals surface area contributed by atoms with Crippen molar-refractivity contribution in [3.05, 3.63) is 22.4 Å². The third kappa shape index (κ3) is 5.52. The monoisotopic (exact) mass is 392 g/mol. The van der Waals surface area contributed by atoms with E-state index in [1.807, 2.05) is 27.3 Å². The Balaban J connectivity index is 1.47. The fourth-order valence-electron chi connectivity index (χ4n) is 3.67. The Morgan fingerprint density at radius 2 is 1.70 bits per heavy atom. The molecule has 3 rings (SSSR count). The van der Waals surface area contributed by atoms with Gasteiger partial charge >= 0.3 is 0 Å². The average molecular weight is 393 g/mol. The van der Waals surface area contributed by atoms with Crippen LogP contribution in [0.15, 0.2) is 17.5 Å². The number of carbonyl (C=O) groups excluding carboxylic acids is 3. The van der Waals surface area contributed by atoms with E-state index in [9.17, 15) is 14.4 Å². The van der Waals surface area contributed by atoms with Gasteiger partial charge in [-0.3, -0.25) is 19.3 Å². The van der Waals surface area contributed by atoms with Gasteiger partial charge in [-0.25, -0.2) is 0 Å². The molecule has 8 heteroatoms. The van der Waals surface area contributed by atoms with Crippen molar-refractivity contribution in [2.75, 3.05) is 45.8 Å². The van der Waals surface area contributed by atoms with Crippen LogP contribution in [0, 0.1) is 0 Å². The van der Waals surface area contributed by atoms with Gasteiger partial charge in [-0.1, -0.05) is 6.07 Å². The normalized spacial score (nSPS) is 19.1. The summed E-state index contributed by atoms with van der Waals surface area (Å²) >= 11 is 1.55. The van der Waals surface area contributed by atoms with Gasteiger partial charge in [-0.2, -0.15) is 0 Å². The summed E-state index contributed by atoms with van der Waals surface area (Å²) in [6.07, 6.45) is 2.48. The molecule has 1 aromatic heterocycles. The molecule has 0 aliphatic carbocycles. The number of hydrogen-bond donors (Lipinski definition) is 1. The lowest BCUT2D eigenvalue weighted by Gasteiger charge is -2.35. The Labute approximate surface area is 164 Å². The molecule has 1 atom stereocenters. The maximum absolute atomic E-state index is 12.7. The number of nitrogens with zero attached hydrogens (tertiary/aromatic N) is 3. The number of likely N-dealkylation sites (tertiary alicyclic amines) is 1. The third-order valence-electron chi connectivity index (χ3n) is 5.19. The Morgan fingerprint density at radius 1 is 1.04 bits per heavy atom. The number of piperazine rings is 1. The molecule has 3 amide bonds. The van der Waals surface area contributed by atoms with Crippen molar-refractivity contribution in [2.45, 2.75) is 32.2 Å². The molecule has 0 spiro atoms. The first-order valence-corrected chi connectivity index (χ1v) is 10.5. The summed E-state index contributed by atoms with van der Waals surface area (Å²) in [5.74, 6) is 0.120. The highest BCUT2D eigenvalue weighted by Gasteiger charge is 2.27. The van der Waals surface area contributed by atoms with Gasteiger partial charge in [0.25, 0.3) is 0 Å². The van der Waals surface area contributed by atoms with Crippen LogP contribution >= 0.6 is 11.3 Å². The van der Waals surface area contributed by atoms with Crippen molar-refractivity contribution in [1.82, 2.24) is 20.0 Å². The summed E-state index contributed by atoms with van der Waals surface area (Å²) in [7, 11) is 0. The van der Waals surface area contributed by atoms with Crippen LogP contribution in [-0.2, 0) is 14.4 Å². The number of nitrogens with one attached hydrogen (secondary N) is 1. The van der Waals surface area contributed by atoms with E-state index in [4.69, 9.17) is 0 Å². The van der Waals surface area contributed by atoms with Crippen LogP contribution in [0.1, 0.15) is 37.1 Å². The first-order chi connectivity index (χ1) is 13.0. The Kier molecular flexibility index (Phi) is 6.84. The van der Waals surface area contributed by atoms with E-state index in [1.54, 1.807) is 11.3 Å². The summed E-state index contributed by atoms with van der Waals surface area (Å²) in [6.45, 7) is 6.37. The van der Waals surface area contributed by atoms with E-state index in [-0.39, 0.29) is 30.2 Å². The van der Waals surface area contributed by atoms with Gasteiger partial charge in [0.1, 0.15) is 0 Å². The molecule has 0 saturated carbocycles. The number of hydrogen-bond acceptors (Lipinski definition) is 5. The van der Waals surface area contributed by atoms with Gasteiger partial charge in [0, 0.05) is 51.1 Å². The minimum Gasteiger partial charge on any atom is -0.348 e. The fraction of sp³-hybridized carbons (Fsp3) is 0.632. The van der Waals surface area contributed by atoms with Gasteiger partial charge in [0.05, 0.1) is 19.0 Å². The topological polar surface area (TPSA) is 73.0 Å². The highest BCUT2D eigenvalue weighted by atomic mass is 32.1. The van der Waals surface area contributed by atoms with Gasteiger partial charge in [-0.05, 0) is 24.3 Å². The predicted molar refractivity (Wildman–Crippen MR) is 104 cm³/mol. The zero-order chi connectivity index (χ0) is 19.2. The molecule has 0 bridgehead atoms. The maximum atomic E-state index is 12.7. The summed E-state index contributed by atoms with van der Waals surface area (Å²) in [5, 5.41) is 4.83. The molecule has 148 valence electrons. The second kappa shape index (κ2) is 9.32. The fourth-order valence-corrected chi connectivity index (χ4v) is 4.45. The molecule has 2 saturated heterocycles. The van der Waals surface area contributed by atoms with Gasteiger partial charge in [0.15, 0.2) is 0 Å². The van der Waals surface area contributed by atoms with E-state index in [0.717, 1.165) is 43.9 Å². The van der Waals surface area contributed by atoms with Crippen molar-refractivity contribution in [2.24, 2.45) is 0 Å². The van der Waals surface area contributed by atoms with Crippen molar-refractivity contribution in [1.29, 1.82) is 0 Å². The van der Waals surface area contributed by atoms with Crippen LogP contribution < -0.4 is 5.32 Å². The SMILES string of the molecule is CC(=O)NC(CC(=O)N1CCN(CC(=O)N2CCCC2)CC1)c1cccs1. The molecule has 0 aromatic carbocycles. The van der Waals surface area contributed by atoms with Gasteiger partial charge < -0.3 is 15.1 Å². The zero-order valence-corrected chi connectivity index (χ0v) is 16.7. The van der Waals surface area contributed by atoms with Crippen molar-refractivity contribution >= 4 is 29.1 Å². The maximum Gasteiger partial charge on any atom is 0.236 e. The van der Waals surface area contributed by atoms with Crippen LogP contribution in [0.3, 0.4) is 0 Å². The number of carbonyl (C=O) groups is 3. The molecule has 27 heavy (non-hydrogen) atoms. The second-order valence-corrected chi connectivity index (χ2v) is 8.20. The molecule has 2 aliphatic rings. The molecule has 3 heterocycles. The minimum atomic E-state index is -0.273. The zero-order valence-electron chi connectivity index (χ0n) is 15.9. The van der Waals surface area contributed by atoms with E-state index in [1.165, 1.54) is 6.92 Å². The van der Waals surface area contributed by atoms with Gasteiger partial charge in [0.2, 0.25) is 17.7 Å². The first-order valence-electron chi connectivity index (χ1n) is 9.61. The first kappa shape index (κ1) is 19.8. The molecule has 1 unspecified atom stereocenters. The summed E-state index contributed by atoms with van der Waals surface area (Å²) in [4.78, 5) is 43.4. The van der Waals surface area contributed by atoms with E-state index in [2.05, 4.69) is 10.2 Å². The lowest BCUT2D eigenvalue weighted by molar-refractivity contribution is -0.135. The van der Waals surface area contributed by atoms with Crippen LogP contribution in [0.25, 0.3) is 0 Å². The summed E-state index contributed by atoms with van der Waals surface area (Å²) in [6, 6.07) is 3.60. The largest absolute Gasteiger partial charge is 0.348 e. The molecule has 1 N–H and O–H groups in total. The van der Waals surface area contributed by atoms with Crippen molar-refractivity contribution in [3.8, 4) is 0 Å². The molecular weight excluding hydrogens is 364 g/mol. The van der Waals surface area contributed by atoms with Crippen LogP contribution in [-0.4, -0.2) is 78.2 Å². The number of amides is 3. The molecule has 2 fully saturated rings. The highest BCUT2D eigenvalue weighted by molar-refractivity contribution is 7.10. The molecule has 0 radical (unpaired) electrons. The number of thiophene rings is 1. The summed E-state index contributed by atoms with van der Waals surface area (Å²) < 4.78 is 0. The second-order valence-electron chi connectivity index (χ2n) is 7.22. The van der Waals surface area contributed by atoms with Crippen molar-refractivity contribution < 1.29 is 14.4 Å². The van der Waals surface area contributed by atoms with Crippen LogP contribution in [0.5, 0.6) is 0 Å². The Morgan fingerprint density at radius 3 is 2.30 bits per heavy atom. The Hall–Kier alpha value is -1.93. The average Bonchev–Trinajstić information content (AvgIpc) is 3.35. The quantitative estimate of drug-likeness (QED) is 0.786. The van der Waals surface area contributed by atoms with Gasteiger partial charge in [-0.15, -0.1) is 11.3 Å². The Bertz CT molecular complexity index is 650. The van der Waals surface area contributed by atoms with E-state index >= 15 is 0 Å². The lowest BCUT2D eigenvalue weighted by atomic mass is 10.1. The van der Waals surface area contributed by atoms with E-state index in [0.29, 0.717) is 19.6 Å². The smallest absolute Gasteiger partial charge is 0.236 e. The molecule has 2 aliphatic heterocycles. The van der Waals surface area contributed by atoms with Crippen LogP contribution in [0.2, 0.25) is 0 Å². The van der Waals surface area contributed by atoms with Crippen molar-refractivity contribution in [3.63, 3.8) is 0 Å². The minimum absolute atomic E-state index is 0.0488. The van der Waals surface area contributed by atoms with Crippen LogP contribution in [0.4, 0.5) is 0 Å². The molecule has 7 nitrogen and oxygen atoms in total. The lowest BCUT2D eigenvalue weighted by Crippen LogP contribution is -2.51. The molecule has 1 aromatic rings. The summed E-state index contributed by atoms with van der Waals surface area (Å²) in [5.41, 5.74) is 0. The van der Waals surface area contributed by atoms with E-state index < -0.39 is 0 Å². The standard InChI is InChI=1S/C19H28N4O3S/c1-15(24)20-16(17-5-4-12-27-17)13-18(25)23-10-8-21(9-11-23)14-19(26)22-6-2-3-7-22/h4-5,12,16H,2-3,6-11,13-14H2,1H3,(H,20,24). The highest BCUT2D eigenvalue weighted by Crippen LogP contribution is 2.23. The number of rotatable bonds is 6. The predicted octanol–water partition coefficient (Wildman–Crippen LogP) is 1.08. The third-order valence-corrected chi connectivity index (χ3v) is 6.17.